The zero-order valence-electron chi connectivity index (χ0n) is 16.0. The number of nitrogens with zero attached hydrogens (tertiary/aromatic N) is 5. The average Bonchev–Trinajstić information content (AvgIpc) is 3.18. The number of rotatable bonds is 5. The molecule has 1 aliphatic rings. The molecule has 3 aromatic rings. The van der Waals surface area contributed by atoms with E-state index in [1.807, 2.05) is 0 Å². The molecular formula is C18H14F5N5O3S. The van der Waals surface area contributed by atoms with E-state index in [-0.39, 0.29) is 36.1 Å². The molecule has 1 unspecified atom stereocenters. The average molecular weight is 475 g/mol. The number of aliphatic hydroxyl groups excluding tert-OH is 1. The molecule has 0 radical (unpaired) electrons. The predicted molar refractivity (Wildman–Crippen MR) is 102 cm³/mol. The van der Waals surface area contributed by atoms with Gasteiger partial charge in [-0.15, -0.1) is 11.3 Å². The number of halogens is 5. The van der Waals surface area contributed by atoms with Gasteiger partial charge in [0.25, 0.3) is 0 Å². The number of benzene rings is 1. The van der Waals surface area contributed by atoms with Crippen LogP contribution in [-0.2, 0) is 19.3 Å². The van der Waals surface area contributed by atoms with E-state index in [0.29, 0.717) is 22.5 Å². The van der Waals surface area contributed by atoms with Crippen LogP contribution in [0.5, 0.6) is 5.75 Å². The first-order chi connectivity index (χ1) is 15.1. The minimum absolute atomic E-state index is 0.0209. The Kier molecular flexibility index (Phi) is 5.81. The van der Waals surface area contributed by atoms with E-state index in [2.05, 4.69) is 19.8 Å². The molecule has 4 rings (SSSR count). The number of thiazole rings is 1. The third-order valence-corrected chi connectivity index (χ3v) is 5.65. The van der Waals surface area contributed by atoms with Gasteiger partial charge < -0.3 is 14.7 Å². The molecule has 0 saturated heterocycles. The van der Waals surface area contributed by atoms with Crippen molar-refractivity contribution >= 4 is 17.2 Å². The Balaban J connectivity index is 1.51. The quantitative estimate of drug-likeness (QED) is 0.568. The standard InChI is InChI=1S/C18H14F5N5O3S/c19-16(20)31-10-2-1-9-6-27(8-13(29)12(9)3-10)14-5-25-28(17(30)26-14)7-11-4-24-15(32-11)18(21,22)23/h1-5,13,16,29H,6-8H2. The lowest BCUT2D eigenvalue weighted by molar-refractivity contribution is -0.137. The normalized spacial score (nSPS) is 16.3. The molecule has 2 aromatic heterocycles. The van der Waals surface area contributed by atoms with Crippen molar-refractivity contribution in [1.29, 1.82) is 0 Å². The number of fused-ring (bicyclic) bond motifs is 1. The van der Waals surface area contributed by atoms with Crippen LogP contribution in [0.15, 0.2) is 35.4 Å². The van der Waals surface area contributed by atoms with Crippen LogP contribution < -0.4 is 15.3 Å². The Morgan fingerprint density at radius 3 is 2.72 bits per heavy atom. The zero-order valence-corrected chi connectivity index (χ0v) is 16.8. The van der Waals surface area contributed by atoms with Gasteiger partial charge in [0.05, 0.1) is 18.8 Å². The molecule has 8 nitrogen and oxygen atoms in total. The van der Waals surface area contributed by atoms with Crippen LogP contribution in [0.25, 0.3) is 0 Å². The summed E-state index contributed by atoms with van der Waals surface area (Å²) in [5.41, 5.74) is 0.262. The van der Waals surface area contributed by atoms with E-state index in [0.717, 1.165) is 10.9 Å². The monoisotopic (exact) mass is 475 g/mol. The molecule has 0 amide bonds. The van der Waals surface area contributed by atoms with Crippen molar-refractivity contribution in [2.24, 2.45) is 0 Å². The van der Waals surface area contributed by atoms with Gasteiger partial charge in [-0.3, -0.25) is 0 Å². The Labute approximate surface area is 180 Å². The highest BCUT2D eigenvalue weighted by Crippen LogP contribution is 2.33. The number of β-amino-alcohol motifs (C(OH)–C–C–N with tert-alkyl or cyclic N) is 1. The van der Waals surface area contributed by atoms with Crippen molar-refractivity contribution in [3.05, 3.63) is 62.1 Å². The number of aromatic nitrogens is 4. The highest BCUT2D eigenvalue weighted by Gasteiger charge is 2.34. The van der Waals surface area contributed by atoms with Crippen LogP contribution in [0.4, 0.5) is 27.8 Å². The van der Waals surface area contributed by atoms with Gasteiger partial charge in [-0.2, -0.15) is 32.0 Å². The van der Waals surface area contributed by atoms with Gasteiger partial charge in [0.1, 0.15) is 5.75 Å². The minimum atomic E-state index is -4.57. The molecule has 0 spiro atoms. The SMILES string of the molecule is O=c1nc(N2Cc3ccc(OC(F)F)cc3C(O)C2)cnn1Cc1cnc(C(F)(F)F)s1. The topological polar surface area (TPSA) is 93.4 Å². The number of aliphatic hydroxyl groups is 1. The highest BCUT2D eigenvalue weighted by atomic mass is 32.1. The van der Waals surface area contributed by atoms with Crippen molar-refractivity contribution in [3.8, 4) is 5.75 Å². The minimum Gasteiger partial charge on any atom is -0.435 e. The summed E-state index contributed by atoms with van der Waals surface area (Å²) in [6.07, 6.45) is -3.33. The van der Waals surface area contributed by atoms with E-state index in [4.69, 9.17) is 0 Å². The molecule has 0 aliphatic carbocycles. The van der Waals surface area contributed by atoms with Crippen molar-refractivity contribution in [2.75, 3.05) is 11.4 Å². The fourth-order valence-corrected chi connectivity index (χ4v) is 3.99. The van der Waals surface area contributed by atoms with E-state index >= 15 is 0 Å². The van der Waals surface area contributed by atoms with Crippen LogP contribution in [0, 0.1) is 0 Å². The van der Waals surface area contributed by atoms with E-state index in [9.17, 15) is 31.9 Å². The van der Waals surface area contributed by atoms with E-state index in [1.54, 1.807) is 4.90 Å². The lowest BCUT2D eigenvalue weighted by Crippen LogP contribution is -2.36. The van der Waals surface area contributed by atoms with Crippen LogP contribution in [0.3, 0.4) is 0 Å². The summed E-state index contributed by atoms with van der Waals surface area (Å²) in [5.74, 6) is 0.0783. The second-order valence-electron chi connectivity index (χ2n) is 6.82. The third-order valence-electron chi connectivity index (χ3n) is 4.63. The number of anilines is 1. The Morgan fingerprint density at radius 2 is 2.06 bits per heavy atom. The molecule has 14 heteroatoms. The summed E-state index contributed by atoms with van der Waals surface area (Å²) < 4.78 is 68.1. The van der Waals surface area contributed by atoms with Gasteiger partial charge >= 0.3 is 18.5 Å². The van der Waals surface area contributed by atoms with Gasteiger partial charge in [0.2, 0.25) is 0 Å². The number of ether oxygens (including phenoxy) is 1. The maximum atomic E-state index is 12.7. The maximum absolute atomic E-state index is 12.7. The largest absolute Gasteiger partial charge is 0.443 e. The molecule has 1 atom stereocenters. The Bertz CT molecular complexity index is 1180. The number of alkyl halides is 5. The Hall–Kier alpha value is -3.13. The van der Waals surface area contributed by atoms with Crippen molar-refractivity contribution in [1.82, 2.24) is 19.7 Å². The first-order valence-electron chi connectivity index (χ1n) is 9.07. The molecule has 1 aliphatic heterocycles. The first kappa shape index (κ1) is 22.1. The van der Waals surface area contributed by atoms with Gasteiger partial charge in [-0.1, -0.05) is 6.07 Å². The van der Waals surface area contributed by atoms with E-state index < -0.39 is 29.6 Å². The smallest absolute Gasteiger partial charge is 0.435 e. The molecule has 170 valence electrons. The molecule has 0 fully saturated rings. The highest BCUT2D eigenvalue weighted by molar-refractivity contribution is 7.11. The molecular weight excluding hydrogens is 461 g/mol. The summed E-state index contributed by atoms with van der Waals surface area (Å²) in [4.78, 5) is 21.3. The van der Waals surface area contributed by atoms with Crippen LogP contribution in [0.2, 0.25) is 0 Å². The Morgan fingerprint density at radius 1 is 1.28 bits per heavy atom. The van der Waals surface area contributed by atoms with E-state index in [1.165, 1.54) is 24.4 Å². The van der Waals surface area contributed by atoms with Gasteiger partial charge in [0.15, 0.2) is 10.8 Å². The fourth-order valence-electron chi connectivity index (χ4n) is 3.23. The lowest BCUT2D eigenvalue weighted by Gasteiger charge is -2.33. The summed E-state index contributed by atoms with van der Waals surface area (Å²) in [7, 11) is 0. The van der Waals surface area contributed by atoms with Crippen LogP contribution in [0.1, 0.15) is 27.1 Å². The maximum Gasteiger partial charge on any atom is 0.443 e. The summed E-state index contributed by atoms with van der Waals surface area (Å²) >= 11 is 0.409. The fraction of sp³-hybridized carbons (Fsp3) is 0.333. The zero-order chi connectivity index (χ0) is 23.0. The summed E-state index contributed by atoms with van der Waals surface area (Å²) in [6.45, 7) is -2.97. The summed E-state index contributed by atoms with van der Waals surface area (Å²) in [6, 6.07) is 4.20. The van der Waals surface area contributed by atoms with Crippen LogP contribution >= 0.6 is 11.3 Å². The molecule has 0 bridgehead atoms. The van der Waals surface area contributed by atoms with Gasteiger partial charge in [-0.05, 0) is 23.3 Å². The second kappa shape index (κ2) is 8.43. The van der Waals surface area contributed by atoms with Gasteiger partial charge in [-0.25, -0.2) is 14.5 Å². The molecule has 1 N–H and O–H groups in total. The van der Waals surface area contributed by atoms with Crippen LogP contribution in [-0.4, -0.2) is 38.0 Å². The summed E-state index contributed by atoms with van der Waals surface area (Å²) in [5, 5.41) is 13.4. The lowest BCUT2D eigenvalue weighted by atomic mass is 9.97. The molecule has 32 heavy (non-hydrogen) atoms. The number of hydrogen-bond acceptors (Lipinski definition) is 8. The number of hydrogen-bond donors (Lipinski definition) is 1. The third kappa shape index (κ3) is 4.70. The van der Waals surface area contributed by atoms with Gasteiger partial charge in [0, 0.05) is 24.2 Å². The molecule has 1 aromatic carbocycles. The van der Waals surface area contributed by atoms with Crippen molar-refractivity contribution in [3.63, 3.8) is 0 Å². The first-order valence-corrected chi connectivity index (χ1v) is 9.88. The predicted octanol–water partition coefficient (Wildman–Crippen LogP) is 2.82. The molecule has 0 saturated carbocycles. The second-order valence-corrected chi connectivity index (χ2v) is 7.93. The van der Waals surface area contributed by atoms with Crippen molar-refractivity contribution in [2.45, 2.75) is 32.0 Å². The molecule has 3 heterocycles. The van der Waals surface area contributed by atoms with Crippen molar-refractivity contribution < 1.29 is 31.8 Å².